The van der Waals surface area contributed by atoms with Crippen molar-refractivity contribution in [2.75, 3.05) is 7.11 Å². The third-order valence-corrected chi connectivity index (χ3v) is 7.60. The van der Waals surface area contributed by atoms with Crippen molar-refractivity contribution < 1.29 is 19.0 Å². The molecule has 31 heavy (non-hydrogen) atoms. The maximum Gasteiger partial charge on any atom is 0.180 e. The van der Waals surface area contributed by atoms with E-state index in [1.807, 2.05) is 12.1 Å². The fourth-order valence-corrected chi connectivity index (χ4v) is 6.78. The summed E-state index contributed by atoms with van der Waals surface area (Å²) in [7, 11) is 1.58. The van der Waals surface area contributed by atoms with Gasteiger partial charge in [-0.3, -0.25) is 0 Å². The first-order valence-electron chi connectivity index (χ1n) is 11.1. The monoisotopic (exact) mass is 445 g/mol. The van der Waals surface area contributed by atoms with Crippen molar-refractivity contribution in [2.24, 2.45) is 11.8 Å². The van der Waals surface area contributed by atoms with Gasteiger partial charge in [-0.1, -0.05) is 29.8 Å². The number of rotatable bonds is 7. The van der Waals surface area contributed by atoms with Crippen LogP contribution in [-0.4, -0.2) is 23.4 Å². The molecule has 166 valence electrons. The molecule has 2 atom stereocenters. The Labute approximate surface area is 187 Å². The highest BCUT2D eigenvalue weighted by Gasteiger charge is 2.56. The second kappa shape index (κ2) is 7.95. The molecular weight excluding hydrogens is 417 g/mol. The van der Waals surface area contributed by atoms with Gasteiger partial charge in [0.25, 0.3) is 0 Å². The fraction of sp³-hybridized carbons (Fsp3) is 0.520. The highest BCUT2D eigenvalue weighted by molar-refractivity contribution is 6.32. The lowest BCUT2D eigenvalue weighted by molar-refractivity contribution is -0.142. The zero-order chi connectivity index (χ0) is 21.6. The van der Waals surface area contributed by atoms with Crippen molar-refractivity contribution >= 4 is 11.6 Å². The summed E-state index contributed by atoms with van der Waals surface area (Å²) in [5.41, 5.74) is 0.990. The van der Waals surface area contributed by atoms with E-state index in [1.165, 1.54) is 12.5 Å². The average Bonchev–Trinajstić information content (AvgIpc) is 2.70. The Morgan fingerprint density at radius 2 is 1.90 bits per heavy atom. The first-order valence-corrected chi connectivity index (χ1v) is 11.4. The third kappa shape index (κ3) is 4.15. The minimum Gasteiger partial charge on any atom is -0.493 e. The number of halogens is 2. The standard InChI is InChI=1S/C25H29ClFNO3/c1-30-22-8-16(7-20(26)23(22)31-14-19-4-2-3-5-21(19)27)13-28-24-9-17-6-18(10-24)12-25(29,11-17)15-24/h2-5,7-8,17-18,28-29H,6,9-15H2,1H3. The van der Waals surface area contributed by atoms with Crippen molar-refractivity contribution in [2.45, 2.75) is 62.8 Å². The highest BCUT2D eigenvalue weighted by Crippen LogP contribution is 2.57. The number of hydrogen-bond donors (Lipinski definition) is 2. The average molecular weight is 446 g/mol. The van der Waals surface area contributed by atoms with Crippen LogP contribution in [0.5, 0.6) is 11.5 Å². The van der Waals surface area contributed by atoms with Gasteiger partial charge in [0.2, 0.25) is 0 Å². The molecule has 4 fully saturated rings. The molecule has 2 N–H and O–H groups in total. The van der Waals surface area contributed by atoms with Crippen LogP contribution in [0.15, 0.2) is 36.4 Å². The Bertz CT molecular complexity index is 967. The molecule has 0 radical (unpaired) electrons. The van der Waals surface area contributed by atoms with Crippen LogP contribution in [0.1, 0.15) is 49.7 Å². The molecule has 4 nitrogen and oxygen atoms in total. The minimum atomic E-state index is -0.489. The van der Waals surface area contributed by atoms with Gasteiger partial charge in [-0.2, -0.15) is 0 Å². The molecule has 0 aliphatic heterocycles. The van der Waals surface area contributed by atoms with Crippen LogP contribution in [0, 0.1) is 17.7 Å². The van der Waals surface area contributed by atoms with Gasteiger partial charge >= 0.3 is 0 Å². The highest BCUT2D eigenvalue weighted by atomic mass is 35.5. The van der Waals surface area contributed by atoms with Gasteiger partial charge in [0.1, 0.15) is 12.4 Å². The molecule has 6 heteroatoms. The maximum atomic E-state index is 13.9. The third-order valence-electron chi connectivity index (χ3n) is 7.32. The lowest BCUT2D eigenvalue weighted by atomic mass is 9.51. The minimum absolute atomic E-state index is 0.0125. The van der Waals surface area contributed by atoms with Crippen LogP contribution in [0.2, 0.25) is 5.02 Å². The van der Waals surface area contributed by atoms with E-state index in [4.69, 9.17) is 21.1 Å². The quantitative estimate of drug-likeness (QED) is 0.612. The van der Waals surface area contributed by atoms with E-state index in [0.717, 1.165) is 37.7 Å². The second-order valence-electron chi connectivity index (χ2n) is 9.81. The zero-order valence-electron chi connectivity index (χ0n) is 17.8. The molecule has 4 saturated carbocycles. The second-order valence-corrected chi connectivity index (χ2v) is 10.2. The summed E-state index contributed by atoms with van der Waals surface area (Å²) < 4.78 is 25.3. The first-order chi connectivity index (χ1) is 14.9. The van der Waals surface area contributed by atoms with E-state index in [2.05, 4.69) is 5.32 Å². The van der Waals surface area contributed by atoms with E-state index < -0.39 is 5.60 Å². The fourth-order valence-electron chi connectivity index (χ4n) is 6.49. The first kappa shape index (κ1) is 21.0. The van der Waals surface area contributed by atoms with Gasteiger partial charge in [-0.05, 0) is 74.1 Å². The molecule has 2 unspecified atom stereocenters. The molecule has 4 aliphatic rings. The summed E-state index contributed by atoms with van der Waals surface area (Å²) in [6, 6.07) is 10.3. The molecule has 6 rings (SSSR count). The summed E-state index contributed by atoms with van der Waals surface area (Å²) in [6.45, 7) is 0.726. The van der Waals surface area contributed by atoms with Crippen molar-refractivity contribution in [3.8, 4) is 11.5 Å². The van der Waals surface area contributed by atoms with Crippen LogP contribution in [0.25, 0.3) is 0 Å². The lowest BCUT2D eigenvalue weighted by Crippen LogP contribution is -2.64. The Kier molecular flexibility index (Phi) is 5.40. The number of hydrogen-bond acceptors (Lipinski definition) is 4. The van der Waals surface area contributed by atoms with Crippen LogP contribution in [0.4, 0.5) is 4.39 Å². The Morgan fingerprint density at radius 1 is 1.16 bits per heavy atom. The molecule has 0 heterocycles. The Hall–Kier alpha value is -1.82. The largest absolute Gasteiger partial charge is 0.493 e. The summed E-state index contributed by atoms with van der Waals surface area (Å²) in [6.07, 6.45) is 6.30. The number of aliphatic hydroxyl groups is 1. The summed E-state index contributed by atoms with van der Waals surface area (Å²) in [5.74, 6) is 1.90. The predicted octanol–water partition coefficient (Wildman–Crippen LogP) is 5.24. The molecule has 4 aliphatic carbocycles. The maximum absolute atomic E-state index is 13.9. The van der Waals surface area contributed by atoms with Crippen LogP contribution < -0.4 is 14.8 Å². The van der Waals surface area contributed by atoms with E-state index in [0.29, 0.717) is 40.5 Å². The van der Waals surface area contributed by atoms with E-state index in [-0.39, 0.29) is 18.0 Å². The van der Waals surface area contributed by atoms with E-state index >= 15 is 0 Å². The lowest BCUT2D eigenvalue weighted by Gasteiger charge is -2.60. The summed E-state index contributed by atoms with van der Waals surface area (Å²) >= 11 is 6.53. The van der Waals surface area contributed by atoms with Gasteiger partial charge in [0.05, 0.1) is 17.7 Å². The SMILES string of the molecule is COc1cc(CNC23CC4CC(CC(O)(C4)C2)C3)cc(Cl)c1OCc1ccccc1F. The van der Waals surface area contributed by atoms with E-state index in [1.54, 1.807) is 25.3 Å². The molecule has 0 amide bonds. The topological polar surface area (TPSA) is 50.7 Å². The predicted molar refractivity (Wildman–Crippen MR) is 118 cm³/mol. The van der Waals surface area contributed by atoms with Gasteiger partial charge in [-0.25, -0.2) is 4.39 Å². The molecule has 2 aromatic rings. The number of methoxy groups -OCH3 is 1. The molecular formula is C25H29ClFNO3. The summed E-state index contributed by atoms with van der Waals surface area (Å²) in [5, 5.41) is 15.2. The zero-order valence-corrected chi connectivity index (χ0v) is 18.6. The summed E-state index contributed by atoms with van der Waals surface area (Å²) in [4.78, 5) is 0. The number of ether oxygens (including phenoxy) is 2. The van der Waals surface area contributed by atoms with Crippen LogP contribution >= 0.6 is 11.6 Å². The van der Waals surface area contributed by atoms with Gasteiger partial charge in [0, 0.05) is 17.6 Å². The van der Waals surface area contributed by atoms with Crippen molar-refractivity contribution in [3.05, 3.63) is 58.4 Å². The van der Waals surface area contributed by atoms with Gasteiger partial charge < -0.3 is 19.9 Å². The van der Waals surface area contributed by atoms with Crippen molar-refractivity contribution in [1.82, 2.24) is 5.32 Å². The number of benzene rings is 2. The van der Waals surface area contributed by atoms with Crippen LogP contribution in [0.3, 0.4) is 0 Å². The molecule has 0 spiro atoms. The molecule has 0 aromatic heterocycles. The normalized spacial score (nSPS) is 31.1. The molecule has 2 aromatic carbocycles. The van der Waals surface area contributed by atoms with Gasteiger partial charge in [-0.15, -0.1) is 0 Å². The van der Waals surface area contributed by atoms with Crippen molar-refractivity contribution in [1.29, 1.82) is 0 Å². The Balaban J connectivity index is 1.30. The van der Waals surface area contributed by atoms with Gasteiger partial charge in [0.15, 0.2) is 11.5 Å². The number of nitrogens with one attached hydrogen (secondary N) is 1. The Morgan fingerprint density at radius 3 is 2.58 bits per heavy atom. The smallest absolute Gasteiger partial charge is 0.180 e. The molecule has 4 bridgehead atoms. The molecule has 0 saturated heterocycles. The van der Waals surface area contributed by atoms with E-state index in [9.17, 15) is 9.50 Å². The van der Waals surface area contributed by atoms with Crippen molar-refractivity contribution in [3.63, 3.8) is 0 Å². The van der Waals surface area contributed by atoms with Crippen LogP contribution in [-0.2, 0) is 13.2 Å².